The molecule has 0 aliphatic heterocycles. The molecule has 0 unspecified atom stereocenters. The number of sulfonamides is 1. The van der Waals surface area contributed by atoms with Crippen LogP contribution in [0.3, 0.4) is 0 Å². The predicted octanol–water partition coefficient (Wildman–Crippen LogP) is 2.90. The fourth-order valence-corrected chi connectivity index (χ4v) is 4.85. The largest absolute Gasteiger partial charge is 0.497 e. The summed E-state index contributed by atoms with van der Waals surface area (Å²) in [5, 5.41) is 1.69. The van der Waals surface area contributed by atoms with Crippen LogP contribution in [0.2, 0.25) is 0 Å². The fraction of sp³-hybridized carbons (Fsp3) is 0.0909. The first-order valence-corrected chi connectivity index (χ1v) is 8.29. The molecule has 1 heterocycles. The number of benzene rings is 1. The molecule has 0 fully saturated rings. The highest BCUT2D eigenvalue weighted by Crippen LogP contribution is 2.31. The topological polar surface area (TPSA) is 81.4 Å². The number of nitrogen functional groups attached to an aromatic ring is 1. The zero-order valence-electron chi connectivity index (χ0n) is 9.88. The van der Waals surface area contributed by atoms with Crippen molar-refractivity contribution in [2.24, 2.45) is 0 Å². The average molecular weight is 363 g/mol. The molecule has 0 saturated heterocycles. The molecule has 0 aliphatic rings. The van der Waals surface area contributed by atoms with E-state index in [0.717, 1.165) is 11.3 Å². The molecule has 19 heavy (non-hydrogen) atoms. The van der Waals surface area contributed by atoms with E-state index in [9.17, 15) is 8.42 Å². The smallest absolute Gasteiger partial charge is 0.272 e. The molecule has 102 valence electrons. The van der Waals surface area contributed by atoms with E-state index in [1.54, 1.807) is 29.6 Å². The van der Waals surface area contributed by atoms with Gasteiger partial charge in [0.25, 0.3) is 10.0 Å². The van der Waals surface area contributed by atoms with Crippen molar-refractivity contribution in [2.75, 3.05) is 17.6 Å². The Balaban J connectivity index is 2.34. The van der Waals surface area contributed by atoms with Gasteiger partial charge in [0.2, 0.25) is 0 Å². The number of ether oxygens (including phenoxy) is 1. The highest BCUT2D eigenvalue weighted by Gasteiger charge is 2.20. The Kier molecular flexibility index (Phi) is 4.02. The highest BCUT2D eigenvalue weighted by atomic mass is 79.9. The van der Waals surface area contributed by atoms with Crippen molar-refractivity contribution >= 4 is 48.7 Å². The van der Waals surface area contributed by atoms with Gasteiger partial charge >= 0.3 is 0 Å². The van der Waals surface area contributed by atoms with Gasteiger partial charge in [0.1, 0.15) is 5.75 Å². The van der Waals surface area contributed by atoms with Crippen LogP contribution in [0.4, 0.5) is 11.4 Å². The zero-order chi connectivity index (χ0) is 14.0. The van der Waals surface area contributed by atoms with Crippen LogP contribution in [-0.2, 0) is 10.0 Å². The molecule has 0 bridgehead atoms. The van der Waals surface area contributed by atoms with Crippen LogP contribution in [-0.4, -0.2) is 15.5 Å². The van der Waals surface area contributed by atoms with Crippen molar-refractivity contribution in [1.29, 1.82) is 0 Å². The summed E-state index contributed by atoms with van der Waals surface area (Å²) in [5.74, 6) is 0.567. The molecule has 5 nitrogen and oxygen atoms in total. The average Bonchev–Trinajstić information content (AvgIpc) is 2.79. The van der Waals surface area contributed by atoms with Gasteiger partial charge in [-0.2, -0.15) is 0 Å². The van der Waals surface area contributed by atoms with E-state index in [-0.39, 0.29) is 4.21 Å². The number of methoxy groups -OCH3 is 1. The molecule has 2 rings (SSSR count). The lowest BCUT2D eigenvalue weighted by Crippen LogP contribution is -2.13. The van der Waals surface area contributed by atoms with Crippen LogP contribution in [0.15, 0.2) is 38.3 Å². The summed E-state index contributed by atoms with van der Waals surface area (Å²) < 4.78 is 32.5. The summed E-state index contributed by atoms with van der Waals surface area (Å²) in [6, 6.07) is 6.43. The van der Waals surface area contributed by atoms with Gasteiger partial charge in [-0.25, -0.2) is 8.42 Å². The van der Waals surface area contributed by atoms with E-state index in [1.807, 2.05) is 0 Å². The molecule has 8 heteroatoms. The first kappa shape index (κ1) is 14.2. The molecule has 0 aliphatic carbocycles. The summed E-state index contributed by atoms with van der Waals surface area (Å²) >= 11 is 4.32. The van der Waals surface area contributed by atoms with Crippen molar-refractivity contribution in [3.05, 3.63) is 34.1 Å². The molecule has 1 aromatic carbocycles. The quantitative estimate of drug-likeness (QED) is 0.819. The van der Waals surface area contributed by atoms with Gasteiger partial charge in [-0.05, 0) is 39.5 Å². The van der Waals surface area contributed by atoms with E-state index in [4.69, 9.17) is 10.5 Å². The fourth-order valence-electron chi connectivity index (χ4n) is 1.42. The number of rotatable bonds is 4. The lowest BCUT2D eigenvalue weighted by Gasteiger charge is -2.10. The van der Waals surface area contributed by atoms with Crippen molar-refractivity contribution in [2.45, 2.75) is 4.21 Å². The minimum atomic E-state index is -3.64. The molecule has 0 amide bonds. The monoisotopic (exact) mass is 362 g/mol. The second kappa shape index (κ2) is 5.40. The lowest BCUT2D eigenvalue weighted by molar-refractivity contribution is 0.415. The molecule has 2 aromatic rings. The molecule has 3 N–H and O–H groups in total. The van der Waals surface area contributed by atoms with Gasteiger partial charge in [0.15, 0.2) is 4.21 Å². The first-order valence-electron chi connectivity index (χ1n) is 5.13. The molecule has 0 radical (unpaired) electrons. The zero-order valence-corrected chi connectivity index (χ0v) is 13.1. The second-order valence-corrected chi connectivity index (χ2v) is 7.26. The molecule has 0 saturated carbocycles. The minimum Gasteiger partial charge on any atom is -0.497 e. The van der Waals surface area contributed by atoms with Gasteiger partial charge in [0.05, 0.1) is 18.5 Å². The van der Waals surface area contributed by atoms with E-state index in [0.29, 0.717) is 21.6 Å². The number of hydrogen-bond donors (Lipinski definition) is 2. The highest BCUT2D eigenvalue weighted by molar-refractivity contribution is 9.10. The van der Waals surface area contributed by atoms with Gasteiger partial charge < -0.3 is 10.5 Å². The van der Waals surface area contributed by atoms with Crippen molar-refractivity contribution in [1.82, 2.24) is 0 Å². The SMILES string of the molecule is COc1ccc(NS(=O)(=O)c2sccc2Br)c(N)c1. The normalized spacial score (nSPS) is 11.3. The summed E-state index contributed by atoms with van der Waals surface area (Å²) in [6.07, 6.45) is 0. The first-order chi connectivity index (χ1) is 8.94. The standard InChI is InChI=1S/C11H11BrN2O3S2/c1-17-7-2-3-10(9(13)6-7)14-19(15,16)11-8(12)4-5-18-11/h2-6,14H,13H2,1H3. The van der Waals surface area contributed by atoms with E-state index >= 15 is 0 Å². The Morgan fingerprint density at radius 3 is 2.63 bits per heavy atom. The summed E-state index contributed by atoms with van der Waals surface area (Å²) in [7, 11) is -2.13. The third-order valence-electron chi connectivity index (χ3n) is 2.33. The second-order valence-electron chi connectivity index (χ2n) is 3.61. The third-order valence-corrected chi connectivity index (χ3v) is 6.37. The Hall–Kier alpha value is -1.25. The summed E-state index contributed by atoms with van der Waals surface area (Å²) in [6.45, 7) is 0. The molecule has 0 atom stereocenters. The Morgan fingerprint density at radius 2 is 2.11 bits per heavy atom. The maximum absolute atomic E-state index is 12.2. The van der Waals surface area contributed by atoms with Crippen molar-refractivity contribution < 1.29 is 13.2 Å². The van der Waals surface area contributed by atoms with Gasteiger partial charge in [-0.1, -0.05) is 0 Å². The maximum Gasteiger partial charge on any atom is 0.272 e. The summed E-state index contributed by atoms with van der Waals surface area (Å²) in [5.41, 5.74) is 6.40. The van der Waals surface area contributed by atoms with Crippen LogP contribution in [0.5, 0.6) is 5.75 Å². The molecular formula is C11H11BrN2O3S2. The third kappa shape index (κ3) is 3.02. The van der Waals surface area contributed by atoms with Crippen molar-refractivity contribution in [3.8, 4) is 5.75 Å². The van der Waals surface area contributed by atoms with Crippen molar-refractivity contribution in [3.63, 3.8) is 0 Å². The summed E-state index contributed by atoms with van der Waals surface area (Å²) in [4.78, 5) is 0. The number of nitrogens with two attached hydrogens (primary N) is 1. The van der Waals surface area contributed by atoms with Crippen LogP contribution in [0.1, 0.15) is 0 Å². The Bertz CT molecular complexity index is 698. The van der Waals surface area contributed by atoms with Crippen LogP contribution in [0, 0.1) is 0 Å². The number of nitrogens with one attached hydrogen (secondary N) is 1. The van der Waals surface area contributed by atoms with E-state index in [2.05, 4.69) is 20.7 Å². The number of hydrogen-bond acceptors (Lipinski definition) is 5. The predicted molar refractivity (Wildman–Crippen MR) is 80.2 cm³/mol. The van der Waals surface area contributed by atoms with Gasteiger partial charge in [-0.3, -0.25) is 4.72 Å². The molecular weight excluding hydrogens is 352 g/mol. The maximum atomic E-state index is 12.2. The van der Waals surface area contributed by atoms with Gasteiger partial charge in [0, 0.05) is 10.5 Å². The minimum absolute atomic E-state index is 0.211. The van der Waals surface area contributed by atoms with Crippen LogP contribution < -0.4 is 15.2 Å². The van der Waals surface area contributed by atoms with Gasteiger partial charge in [-0.15, -0.1) is 11.3 Å². The van der Waals surface area contributed by atoms with Crippen LogP contribution in [0.25, 0.3) is 0 Å². The number of thiophene rings is 1. The van der Waals surface area contributed by atoms with Crippen LogP contribution >= 0.6 is 27.3 Å². The Morgan fingerprint density at radius 1 is 1.37 bits per heavy atom. The Labute approximate surface area is 123 Å². The number of anilines is 2. The van der Waals surface area contributed by atoms with E-state index in [1.165, 1.54) is 7.11 Å². The molecule has 0 spiro atoms. The number of halogens is 1. The molecule has 1 aromatic heterocycles. The lowest BCUT2D eigenvalue weighted by atomic mass is 10.2. The van der Waals surface area contributed by atoms with E-state index < -0.39 is 10.0 Å².